The lowest BCUT2D eigenvalue weighted by molar-refractivity contribution is 0.155. The van der Waals surface area contributed by atoms with Crippen LogP contribution in [-0.2, 0) is 6.61 Å². The molecule has 2 aromatic heterocycles. The van der Waals surface area contributed by atoms with Gasteiger partial charge in [0.05, 0.1) is 22.9 Å². The van der Waals surface area contributed by atoms with Crippen molar-refractivity contribution in [2.45, 2.75) is 51.7 Å². The van der Waals surface area contributed by atoms with Crippen molar-refractivity contribution in [3.05, 3.63) is 45.9 Å². The van der Waals surface area contributed by atoms with E-state index in [4.69, 9.17) is 16.3 Å². The molecule has 1 saturated carbocycles. The van der Waals surface area contributed by atoms with Gasteiger partial charge in [0, 0.05) is 27.2 Å². The highest BCUT2D eigenvalue weighted by Crippen LogP contribution is 2.42. The molecule has 5 heteroatoms. The van der Waals surface area contributed by atoms with Crippen LogP contribution in [0.25, 0.3) is 21.3 Å². The normalized spacial score (nSPS) is 15.5. The third-order valence-electron chi connectivity index (χ3n) is 4.99. The summed E-state index contributed by atoms with van der Waals surface area (Å²) < 4.78 is 7.55. The highest BCUT2D eigenvalue weighted by molar-refractivity contribution is 7.19. The monoisotopic (exact) mass is 387 g/mol. The van der Waals surface area contributed by atoms with Gasteiger partial charge >= 0.3 is 0 Å². The van der Waals surface area contributed by atoms with E-state index >= 15 is 0 Å². The second-order valence-corrected chi connectivity index (χ2v) is 8.49. The summed E-state index contributed by atoms with van der Waals surface area (Å²) >= 11 is 7.96. The largest absolute Gasteiger partial charge is 0.490 e. The number of fused-ring (bicyclic) bond motifs is 1. The molecule has 1 N–H and O–H groups in total. The predicted octanol–water partition coefficient (Wildman–Crippen LogP) is 6.13. The lowest BCUT2D eigenvalue weighted by Crippen LogP contribution is -2.20. The molecular formula is C21H22ClNO2S. The first-order chi connectivity index (χ1) is 12.7. The summed E-state index contributed by atoms with van der Waals surface area (Å²) in [4.78, 5) is 5.36. The Labute approximate surface area is 162 Å². The molecule has 2 heterocycles. The Balaban J connectivity index is 1.84. The van der Waals surface area contributed by atoms with Gasteiger partial charge in [-0.05, 0) is 62.4 Å². The molecule has 0 spiro atoms. The van der Waals surface area contributed by atoms with Gasteiger partial charge in [-0.25, -0.2) is 0 Å². The molecule has 3 aromatic rings. The van der Waals surface area contributed by atoms with E-state index < -0.39 is 0 Å². The van der Waals surface area contributed by atoms with E-state index in [2.05, 4.69) is 11.9 Å². The summed E-state index contributed by atoms with van der Waals surface area (Å²) in [6, 6.07) is 7.91. The zero-order valence-electron chi connectivity index (χ0n) is 14.8. The first kappa shape index (κ1) is 17.8. The molecule has 0 bridgehead atoms. The van der Waals surface area contributed by atoms with Gasteiger partial charge in [0.1, 0.15) is 5.75 Å². The van der Waals surface area contributed by atoms with E-state index in [9.17, 15) is 5.11 Å². The Morgan fingerprint density at radius 3 is 2.77 bits per heavy atom. The third-order valence-corrected chi connectivity index (χ3v) is 6.35. The van der Waals surface area contributed by atoms with Gasteiger partial charge in [0.2, 0.25) is 0 Å². The van der Waals surface area contributed by atoms with Gasteiger partial charge in [0.15, 0.2) is 0 Å². The summed E-state index contributed by atoms with van der Waals surface area (Å²) in [7, 11) is 0. The fraction of sp³-hybridized carbons (Fsp3) is 0.381. The van der Waals surface area contributed by atoms with Gasteiger partial charge in [-0.15, -0.1) is 11.3 Å². The quantitative estimate of drug-likeness (QED) is 0.585. The number of pyridine rings is 1. The minimum Gasteiger partial charge on any atom is -0.490 e. The van der Waals surface area contributed by atoms with Crippen LogP contribution in [0, 0.1) is 6.92 Å². The number of rotatable bonds is 4. The Bertz CT molecular complexity index is 931. The second kappa shape index (κ2) is 7.55. The van der Waals surface area contributed by atoms with Crippen LogP contribution in [0.4, 0.5) is 0 Å². The van der Waals surface area contributed by atoms with Crippen LogP contribution in [0.1, 0.15) is 42.5 Å². The van der Waals surface area contributed by atoms with Crippen molar-refractivity contribution in [1.82, 2.24) is 4.98 Å². The highest BCUT2D eigenvalue weighted by atomic mass is 35.5. The minimum atomic E-state index is 0.0282. The van der Waals surface area contributed by atoms with Crippen molar-refractivity contribution in [2.75, 3.05) is 0 Å². The number of halogens is 1. The van der Waals surface area contributed by atoms with Crippen molar-refractivity contribution in [3.63, 3.8) is 0 Å². The predicted molar refractivity (Wildman–Crippen MR) is 108 cm³/mol. The summed E-state index contributed by atoms with van der Waals surface area (Å²) in [5.41, 5.74) is 4.04. The van der Waals surface area contributed by atoms with E-state index in [1.807, 2.05) is 30.5 Å². The van der Waals surface area contributed by atoms with Crippen LogP contribution in [0.2, 0.25) is 5.02 Å². The first-order valence-electron chi connectivity index (χ1n) is 9.11. The number of aryl methyl sites for hydroxylation is 1. The molecule has 4 rings (SSSR count). The number of aromatic nitrogens is 1. The maximum atomic E-state index is 9.50. The van der Waals surface area contributed by atoms with E-state index in [1.165, 1.54) is 19.3 Å². The number of aliphatic hydroxyl groups excluding tert-OH is 1. The molecule has 136 valence electrons. The van der Waals surface area contributed by atoms with Gasteiger partial charge < -0.3 is 9.84 Å². The highest BCUT2D eigenvalue weighted by Gasteiger charge is 2.20. The molecule has 1 aliphatic carbocycles. The number of ether oxygens (including phenoxy) is 1. The summed E-state index contributed by atoms with van der Waals surface area (Å²) in [6.07, 6.45) is 8.08. The Morgan fingerprint density at radius 2 is 2.00 bits per heavy atom. The maximum Gasteiger partial charge on any atom is 0.130 e. The van der Waals surface area contributed by atoms with Gasteiger partial charge in [-0.2, -0.15) is 0 Å². The molecule has 0 amide bonds. The van der Waals surface area contributed by atoms with Crippen LogP contribution in [0.3, 0.4) is 0 Å². The zero-order chi connectivity index (χ0) is 18.1. The Hall–Kier alpha value is -1.62. The fourth-order valence-corrected chi connectivity index (χ4v) is 4.99. The van der Waals surface area contributed by atoms with Gasteiger partial charge in [-0.1, -0.05) is 18.0 Å². The first-order valence-corrected chi connectivity index (χ1v) is 10.3. The van der Waals surface area contributed by atoms with E-state index in [0.717, 1.165) is 50.4 Å². The topological polar surface area (TPSA) is 42.4 Å². The summed E-state index contributed by atoms with van der Waals surface area (Å²) in [6.45, 7) is 2.08. The van der Waals surface area contributed by atoms with Crippen LogP contribution in [0.15, 0.2) is 30.5 Å². The number of benzene rings is 1. The number of aliphatic hydroxyl groups is 1. The van der Waals surface area contributed by atoms with Crippen molar-refractivity contribution in [3.8, 4) is 16.9 Å². The van der Waals surface area contributed by atoms with Crippen LogP contribution in [0.5, 0.6) is 5.75 Å². The van der Waals surface area contributed by atoms with E-state index in [-0.39, 0.29) is 12.7 Å². The van der Waals surface area contributed by atoms with Gasteiger partial charge in [-0.3, -0.25) is 4.98 Å². The van der Waals surface area contributed by atoms with E-state index in [0.29, 0.717) is 5.02 Å². The fourth-order valence-electron chi connectivity index (χ4n) is 3.71. The maximum absolute atomic E-state index is 9.50. The van der Waals surface area contributed by atoms with E-state index in [1.54, 1.807) is 11.3 Å². The van der Waals surface area contributed by atoms with Crippen LogP contribution >= 0.6 is 22.9 Å². The number of hydrogen-bond acceptors (Lipinski definition) is 4. The standard InChI is InChI=1S/C21H22ClNO2S/c1-13-9-14(22)10-18(20(13)25-15-5-3-2-4-6-15)17-7-8-23-19-11-16(12-24)26-21(17)19/h7-11,15,24H,2-6,12H2,1H3. The molecule has 1 fully saturated rings. The zero-order valence-corrected chi connectivity index (χ0v) is 16.4. The molecule has 0 saturated heterocycles. The average molecular weight is 388 g/mol. The SMILES string of the molecule is Cc1cc(Cl)cc(-c2ccnc3cc(CO)sc23)c1OC1CCCCC1. The van der Waals surface area contributed by atoms with Crippen molar-refractivity contribution >= 4 is 33.2 Å². The third kappa shape index (κ3) is 3.46. The Kier molecular flexibility index (Phi) is 5.16. The molecule has 1 aliphatic rings. The van der Waals surface area contributed by atoms with Crippen molar-refractivity contribution in [2.24, 2.45) is 0 Å². The molecule has 26 heavy (non-hydrogen) atoms. The molecule has 0 atom stereocenters. The van der Waals surface area contributed by atoms with Crippen LogP contribution < -0.4 is 4.74 Å². The number of thiophene rings is 1. The molecular weight excluding hydrogens is 366 g/mol. The Morgan fingerprint density at radius 1 is 1.19 bits per heavy atom. The minimum absolute atomic E-state index is 0.0282. The van der Waals surface area contributed by atoms with Gasteiger partial charge in [0.25, 0.3) is 0 Å². The molecule has 0 aliphatic heterocycles. The summed E-state index contributed by atoms with van der Waals surface area (Å²) in [5, 5.41) is 10.2. The number of nitrogens with zero attached hydrogens (tertiary/aromatic N) is 1. The smallest absolute Gasteiger partial charge is 0.130 e. The number of hydrogen-bond donors (Lipinski definition) is 1. The molecule has 3 nitrogen and oxygen atoms in total. The lowest BCUT2D eigenvalue weighted by Gasteiger charge is -2.25. The second-order valence-electron chi connectivity index (χ2n) is 6.92. The van der Waals surface area contributed by atoms with Crippen molar-refractivity contribution in [1.29, 1.82) is 0 Å². The average Bonchev–Trinajstić information content (AvgIpc) is 3.08. The lowest BCUT2D eigenvalue weighted by atomic mass is 9.97. The van der Waals surface area contributed by atoms with Crippen LogP contribution in [-0.4, -0.2) is 16.2 Å². The molecule has 0 unspecified atom stereocenters. The molecule has 1 aromatic carbocycles. The molecule has 0 radical (unpaired) electrons. The van der Waals surface area contributed by atoms with Crippen molar-refractivity contribution < 1.29 is 9.84 Å². The summed E-state index contributed by atoms with van der Waals surface area (Å²) in [5.74, 6) is 0.924.